The van der Waals surface area contributed by atoms with Gasteiger partial charge in [0.2, 0.25) is 0 Å². The maximum Gasteiger partial charge on any atom is 0.0558 e. The second-order valence-electron chi connectivity index (χ2n) is 15.1. The first-order valence-corrected chi connectivity index (χ1v) is 22.1. The Morgan fingerprint density at radius 3 is 1.50 bits per heavy atom. The summed E-state index contributed by atoms with van der Waals surface area (Å²) in [6.45, 7) is 34.3. The van der Waals surface area contributed by atoms with Crippen molar-refractivity contribution >= 4 is 24.2 Å². The average Bonchev–Trinajstić information content (AvgIpc) is 3.13. The van der Waals surface area contributed by atoms with Gasteiger partial charge in [0.1, 0.15) is 0 Å². The van der Waals surface area contributed by atoms with Crippen LogP contribution in [-0.2, 0) is 0 Å². The van der Waals surface area contributed by atoms with Crippen LogP contribution in [0.5, 0.6) is 0 Å². The van der Waals surface area contributed by atoms with Crippen LogP contribution >= 0.6 is 0 Å². The van der Waals surface area contributed by atoms with Crippen LogP contribution in [0.15, 0.2) is 0 Å². The molecule has 0 saturated heterocycles. The molecule has 5 atom stereocenters. The van der Waals surface area contributed by atoms with E-state index in [2.05, 4.69) is 87.4 Å². The molecule has 0 heterocycles. The SMILES string of the molecule is CC(C)(C)C1CCC([Si](C)(C)C2CC([Si](C)(C)C(C)(C)C)CC2[Si](C)(C)C)C1. The minimum Gasteiger partial charge on any atom is -0.0693 e. The summed E-state index contributed by atoms with van der Waals surface area (Å²) in [5.74, 6) is 0.965. The lowest BCUT2D eigenvalue weighted by Crippen LogP contribution is -2.43. The Morgan fingerprint density at radius 1 is 0.607 bits per heavy atom. The Hall–Kier alpha value is 0.651. The summed E-state index contributed by atoms with van der Waals surface area (Å²) in [5, 5.41) is 0.535. The maximum atomic E-state index is 2.83. The fourth-order valence-electron chi connectivity index (χ4n) is 6.77. The molecule has 5 unspecified atom stereocenters. The van der Waals surface area contributed by atoms with Gasteiger partial charge < -0.3 is 0 Å². The normalized spacial score (nSPS) is 33.5. The van der Waals surface area contributed by atoms with Gasteiger partial charge in [0, 0.05) is 8.07 Å². The van der Waals surface area contributed by atoms with Crippen LogP contribution in [0, 0.1) is 11.3 Å². The second-order valence-corrected chi connectivity index (χ2v) is 31.5. The first-order chi connectivity index (χ1) is 12.3. The molecule has 0 amide bonds. The standard InChI is InChI=1S/C25H54Si3/c1-24(2,3)19-14-15-20(16-19)27(10,11)23-18-21(17-22(23)26(7,8)9)28(12,13)25(4,5)6/h19-23H,14-18H2,1-13H3. The second kappa shape index (κ2) is 7.66. The van der Waals surface area contributed by atoms with Crippen molar-refractivity contribution in [1.29, 1.82) is 0 Å². The molecule has 0 radical (unpaired) electrons. The molecule has 0 aromatic heterocycles. The largest absolute Gasteiger partial charge is 0.0693 e. The monoisotopic (exact) mass is 438 g/mol. The highest BCUT2D eigenvalue weighted by atomic mass is 28.3. The maximum absolute atomic E-state index is 2.83. The van der Waals surface area contributed by atoms with E-state index in [1.165, 1.54) is 6.42 Å². The van der Waals surface area contributed by atoms with E-state index >= 15 is 0 Å². The molecule has 3 heteroatoms. The van der Waals surface area contributed by atoms with Crippen LogP contribution in [0.3, 0.4) is 0 Å². The summed E-state index contributed by atoms with van der Waals surface area (Å²) in [6, 6.07) is 0. The van der Waals surface area contributed by atoms with E-state index in [0.717, 1.165) is 28.1 Å². The van der Waals surface area contributed by atoms with E-state index < -0.39 is 24.2 Å². The molecule has 0 aromatic rings. The molecular formula is C25H54Si3. The molecule has 0 N–H and O–H groups in total. The van der Waals surface area contributed by atoms with Gasteiger partial charge in [-0.05, 0) is 51.4 Å². The Balaban J connectivity index is 2.30. The van der Waals surface area contributed by atoms with Crippen molar-refractivity contribution in [1.82, 2.24) is 0 Å². The number of hydrogen-bond acceptors (Lipinski definition) is 0. The van der Waals surface area contributed by atoms with Gasteiger partial charge in [-0.1, -0.05) is 107 Å². The Morgan fingerprint density at radius 2 is 1.11 bits per heavy atom. The minimum atomic E-state index is -1.25. The van der Waals surface area contributed by atoms with Crippen molar-refractivity contribution in [3.05, 3.63) is 0 Å². The zero-order valence-corrected chi connectivity index (χ0v) is 24.9. The molecule has 0 aromatic carbocycles. The third kappa shape index (κ3) is 4.77. The van der Waals surface area contributed by atoms with Gasteiger partial charge >= 0.3 is 0 Å². The highest BCUT2D eigenvalue weighted by Gasteiger charge is 2.56. The zero-order valence-electron chi connectivity index (χ0n) is 21.9. The number of rotatable bonds is 4. The lowest BCUT2D eigenvalue weighted by Gasteiger charge is -2.44. The third-order valence-electron chi connectivity index (χ3n) is 10.3. The molecule has 2 fully saturated rings. The summed E-state index contributed by atoms with van der Waals surface area (Å²) in [4.78, 5) is 0. The van der Waals surface area contributed by atoms with Crippen LogP contribution in [-0.4, -0.2) is 24.2 Å². The zero-order chi connectivity index (χ0) is 21.9. The van der Waals surface area contributed by atoms with Crippen molar-refractivity contribution in [2.24, 2.45) is 11.3 Å². The Kier molecular flexibility index (Phi) is 6.81. The van der Waals surface area contributed by atoms with Crippen LogP contribution < -0.4 is 0 Å². The molecule has 0 bridgehead atoms. The predicted molar refractivity (Wildman–Crippen MR) is 139 cm³/mol. The fourth-order valence-corrected chi connectivity index (χ4v) is 19.7. The molecule has 2 aliphatic rings. The lowest BCUT2D eigenvalue weighted by atomic mass is 9.80. The summed E-state index contributed by atoms with van der Waals surface area (Å²) in [6.07, 6.45) is 7.77. The molecule has 2 aliphatic carbocycles. The predicted octanol–water partition coefficient (Wildman–Crippen LogP) is 9.66. The fraction of sp³-hybridized carbons (Fsp3) is 1.00. The van der Waals surface area contributed by atoms with Gasteiger partial charge in [0.25, 0.3) is 0 Å². The van der Waals surface area contributed by atoms with Gasteiger partial charge in [-0.15, -0.1) is 0 Å². The van der Waals surface area contributed by atoms with Crippen LogP contribution in [0.4, 0.5) is 0 Å². The van der Waals surface area contributed by atoms with Crippen molar-refractivity contribution in [2.75, 3.05) is 0 Å². The van der Waals surface area contributed by atoms with Gasteiger partial charge in [0.15, 0.2) is 0 Å². The van der Waals surface area contributed by atoms with Crippen molar-refractivity contribution in [2.45, 2.75) is 147 Å². The van der Waals surface area contributed by atoms with E-state index in [1.807, 2.05) is 0 Å². The van der Waals surface area contributed by atoms with E-state index in [4.69, 9.17) is 0 Å². The number of hydrogen-bond donors (Lipinski definition) is 0. The van der Waals surface area contributed by atoms with E-state index in [0.29, 0.717) is 10.5 Å². The van der Waals surface area contributed by atoms with E-state index in [1.54, 1.807) is 25.7 Å². The molecular weight excluding hydrogens is 385 g/mol. The summed E-state index contributed by atoms with van der Waals surface area (Å²) in [7, 11) is -3.63. The third-order valence-corrected chi connectivity index (χ3v) is 25.0. The van der Waals surface area contributed by atoms with Crippen molar-refractivity contribution < 1.29 is 0 Å². The summed E-state index contributed by atoms with van der Waals surface area (Å²) in [5.41, 5.74) is 4.83. The van der Waals surface area contributed by atoms with Crippen LogP contribution in [0.25, 0.3) is 0 Å². The van der Waals surface area contributed by atoms with Crippen molar-refractivity contribution in [3.63, 3.8) is 0 Å². The molecule has 0 nitrogen and oxygen atoms in total. The first-order valence-electron chi connectivity index (χ1n) is 12.3. The summed E-state index contributed by atoms with van der Waals surface area (Å²) >= 11 is 0. The van der Waals surface area contributed by atoms with Crippen LogP contribution in [0.2, 0.25) is 73.0 Å². The molecule has 2 saturated carbocycles. The molecule has 2 rings (SSSR count). The van der Waals surface area contributed by atoms with E-state index in [-0.39, 0.29) is 0 Å². The highest BCUT2D eigenvalue weighted by molar-refractivity contribution is 6.86. The van der Waals surface area contributed by atoms with Gasteiger partial charge in [0.05, 0.1) is 16.1 Å². The van der Waals surface area contributed by atoms with Gasteiger partial charge in [-0.2, -0.15) is 0 Å². The van der Waals surface area contributed by atoms with Gasteiger partial charge in [-0.25, -0.2) is 0 Å². The molecule has 0 aliphatic heterocycles. The van der Waals surface area contributed by atoms with Gasteiger partial charge in [-0.3, -0.25) is 0 Å². The molecule has 0 spiro atoms. The Labute approximate surface area is 182 Å². The smallest absolute Gasteiger partial charge is 0.0558 e. The lowest BCUT2D eigenvalue weighted by molar-refractivity contribution is 0.246. The van der Waals surface area contributed by atoms with E-state index in [9.17, 15) is 0 Å². The van der Waals surface area contributed by atoms with Crippen LogP contribution in [0.1, 0.15) is 73.6 Å². The molecule has 28 heavy (non-hydrogen) atoms. The highest BCUT2D eigenvalue weighted by Crippen LogP contribution is 2.65. The Bertz CT molecular complexity index is 542. The summed E-state index contributed by atoms with van der Waals surface area (Å²) < 4.78 is 0. The molecule has 166 valence electrons. The van der Waals surface area contributed by atoms with Crippen molar-refractivity contribution in [3.8, 4) is 0 Å². The topological polar surface area (TPSA) is 0 Å². The minimum absolute atomic E-state index is 0.511. The quantitative estimate of drug-likeness (QED) is 0.383. The first kappa shape index (κ1) is 24.9. The average molecular weight is 439 g/mol.